The van der Waals surface area contributed by atoms with Crippen LogP contribution in [0.5, 0.6) is 5.75 Å². The molecule has 0 fully saturated rings. The summed E-state index contributed by atoms with van der Waals surface area (Å²) in [6.45, 7) is 0. The van der Waals surface area contributed by atoms with Crippen LogP contribution in [-0.2, 0) is 6.42 Å². The van der Waals surface area contributed by atoms with Gasteiger partial charge >= 0.3 is 0 Å². The fourth-order valence-electron chi connectivity index (χ4n) is 1.85. The molecule has 2 rings (SSSR count). The van der Waals surface area contributed by atoms with Crippen molar-refractivity contribution in [1.82, 2.24) is 4.98 Å². The summed E-state index contributed by atoms with van der Waals surface area (Å²) in [5.74, 6) is 0.0902. The van der Waals surface area contributed by atoms with Crippen molar-refractivity contribution in [2.24, 2.45) is 5.73 Å². The van der Waals surface area contributed by atoms with Crippen molar-refractivity contribution in [2.75, 3.05) is 7.11 Å². The molecule has 100 valence electrons. The largest absolute Gasteiger partial charge is 0.497 e. The molecule has 0 aliphatic rings. The highest BCUT2D eigenvalue weighted by atomic mass is 35.5. The van der Waals surface area contributed by atoms with Crippen LogP contribution in [0.4, 0.5) is 4.39 Å². The van der Waals surface area contributed by atoms with Gasteiger partial charge in [-0.1, -0.05) is 17.7 Å². The molecule has 1 aromatic heterocycles. The minimum atomic E-state index is -0.467. The number of nitrogens with two attached hydrogens (primary N) is 1. The van der Waals surface area contributed by atoms with Crippen molar-refractivity contribution in [2.45, 2.75) is 12.5 Å². The van der Waals surface area contributed by atoms with Crippen LogP contribution in [0.3, 0.4) is 0 Å². The van der Waals surface area contributed by atoms with Gasteiger partial charge in [-0.25, -0.2) is 4.39 Å². The van der Waals surface area contributed by atoms with Crippen LogP contribution in [0.1, 0.15) is 17.2 Å². The number of aromatic nitrogens is 1. The van der Waals surface area contributed by atoms with Gasteiger partial charge in [-0.15, -0.1) is 0 Å². The second-order valence-electron chi connectivity index (χ2n) is 4.17. The highest BCUT2D eigenvalue weighted by Crippen LogP contribution is 2.25. The van der Waals surface area contributed by atoms with Crippen molar-refractivity contribution in [3.63, 3.8) is 0 Å². The highest BCUT2D eigenvalue weighted by Gasteiger charge is 2.14. The van der Waals surface area contributed by atoms with Crippen LogP contribution in [-0.4, -0.2) is 12.1 Å². The Morgan fingerprint density at radius 2 is 2.21 bits per heavy atom. The summed E-state index contributed by atoms with van der Waals surface area (Å²) >= 11 is 6.01. The first-order valence-electron chi connectivity index (χ1n) is 5.79. The molecule has 1 unspecified atom stereocenters. The molecule has 0 amide bonds. The van der Waals surface area contributed by atoms with E-state index in [2.05, 4.69) is 4.98 Å². The van der Waals surface area contributed by atoms with Gasteiger partial charge in [0.25, 0.3) is 0 Å². The molecule has 3 nitrogen and oxygen atoms in total. The molecule has 1 aromatic carbocycles. The van der Waals surface area contributed by atoms with Crippen molar-refractivity contribution in [3.8, 4) is 5.75 Å². The van der Waals surface area contributed by atoms with E-state index in [0.29, 0.717) is 22.8 Å². The molecule has 0 saturated carbocycles. The number of ether oxygens (including phenoxy) is 1. The molecule has 0 aliphatic heterocycles. The van der Waals surface area contributed by atoms with Crippen molar-refractivity contribution >= 4 is 11.6 Å². The zero-order valence-corrected chi connectivity index (χ0v) is 11.2. The van der Waals surface area contributed by atoms with E-state index in [-0.39, 0.29) is 5.82 Å². The van der Waals surface area contributed by atoms with Crippen LogP contribution in [0.25, 0.3) is 0 Å². The first-order chi connectivity index (χ1) is 9.11. The number of rotatable bonds is 4. The Morgan fingerprint density at radius 3 is 2.84 bits per heavy atom. The second kappa shape index (κ2) is 5.99. The molecule has 1 heterocycles. The number of benzene rings is 1. The first kappa shape index (κ1) is 13.8. The molecule has 2 aromatic rings. The number of halogens is 2. The third kappa shape index (κ3) is 3.22. The summed E-state index contributed by atoms with van der Waals surface area (Å²) in [5.41, 5.74) is 7.31. The minimum absolute atomic E-state index is 0.378. The van der Waals surface area contributed by atoms with Gasteiger partial charge in [0.05, 0.1) is 12.1 Å². The maximum atomic E-state index is 13.9. The summed E-state index contributed by atoms with van der Waals surface area (Å²) in [6.07, 6.45) is 3.64. The lowest BCUT2D eigenvalue weighted by Gasteiger charge is -2.14. The molecule has 0 radical (unpaired) electrons. The Kier molecular flexibility index (Phi) is 4.35. The normalized spacial score (nSPS) is 12.2. The quantitative estimate of drug-likeness (QED) is 0.936. The van der Waals surface area contributed by atoms with Gasteiger partial charge in [0.2, 0.25) is 0 Å². The lowest BCUT2D eigenvalue weighted by Crippen LogP contribution is -2.15. The standard InChI is InChI=1S/C14H14ClFN2O/c1-19-10-2-3-11(13(16)7-10)14(17)6-9-4-5-18-8-12(9)15/h2-5,7-8,14H,6,17H2,1H3. The van der Waals surface area contributed by atoms with E-state index < -0.39 is 6.04 Å². The molecule has 0 bridgehead atoms. The van der Waals surface area contributed by atoms with Gasteiger partial charge < -0.3 is 10.5 Å². The van der Waals surface area contributed by atoms with Gasteiger partial charge in [-0.05, 0) is 24.1 Å². The van der Waals surface area contributed by atoms with E-state index in [0.717, 1.165) is 5.56 Å². The van der Waals surface area contributed by atoms with Crippen LogP contribution < -0.4 is 10.5 Å². The van der Waals surface area contributed by atoms with Gasteiger partial charge in [0, 0.05) is 30.1 Å². The average molecular weight is 281 g/mol. The molecule has 1 atom stereocenters. The maximum absolute atomic E-state index is 13.9. The summed E-state index contributed by atoms with van der Waals surface area (Å²) in [4.78, 5) is 3.90. The van der Waals surface area contributed by atoms with Gasteiger partial charge in [0.1, 0.15) is 11.6 Å². The van der Waals surface area contributed by atoms with E-state index in [9.17, 15) is 4.39 Å². The Bertz CT molecular complexity index is 577. The predicted molar refractivity (Wildman–Crippen MR) is 72.8 cm³/mol. The minimum Gasteiger partial charge on any atom is -0.497 e. The third-order valence-electron chi connectivity index (χ3n) is 2.90. The van der Waals surface area contributed by atoms with Crippen molar-refractivity contribution in [3.05, 3.63) is 58.6 Å². The predicted octanol–water partition coefficient (Wildman–Crippen LogP) is 3.13. The van der Waals surface area contributed by atoms with Crippen LogP contribution in [0, 0.1) is 5.82 Å². The monoisotopic (exact) mass is 280 g/mol. The summed E-state index contributed by atoms with van der Waals surface area (Å²) < 4.78 is 18.8. The van der Waals surface area contributed by atoms with Crippen molar-refractivity contribution < 1.29 is 9.13 Å². The third-order valence-corrected chi connectivity index (χ3v) is 3.24. The fourth-order valence-corrected chi connectivity index (χ4v) is 2.05. The highest BCUT2D eigenvalue weighted by molar-refractivity contribution is 6.31. The average Bonchev–Trinajstić information content (AvgIpc) is 2.41. The number of hydrogen-bond donors (Lipinski definition) is 1. The topological polar surface area (TPSA) is 48.1 Å². The maximum Gasteiger partial charge on any atom is 0.131 e. The summed E-state index contributed by atoms with van der Waals surface area (Å²) in [6, 6.07) is 5.96. The number of methoxy groups -OCH3 is 1. The van der Waals surface area contributed by atoms with Crippen LogP contribution in [0.15, 0.2) is 36.7 Å². The van der Waals surface area contributed by atoms with E-state index in [1.165, 1.54) is 13.2 Å². The van der Waals surface area contributed by atoms with Gasteiger partial charge in [0.15, 0.2) is 0 Å². The van der Waals surface area contributed by atoms with Gasteiger partial charge in [-0.2, -0.15) is 0 Å². The Hall–Kier alpha value is -1.65. The zero-order valence-electron chi connectivity index (χ0n) is 10.4. The van der Waals surface area contributed by atoms with Crippen LogP contribution >= 0.6 is 11.6 Å². The molecule has 0 aliphatic carbocycles. The number of nitrogens with zero attached hydrogens (tertiary/aromatic N) is 1. The lowest BCUT2D eigenvalue weighted by molar-refractivity contribution is 0.410. The van der Waals surface area contributed by atoms with E-state index in [4.69, 9.17) is 22.1 Å². The van der Waals surface area contributed by atoms with E-state index in [1.54, 1.807) is 30.6 Å². The smallest absolute Gasteiger partial charge is 0.131 e. The van der Waals surface area contributed by atoms with Gasteiger partial charge in [-0.3, -0.25) is 4.98 Å². The summed E-state index contributed by atoms with van der Waals surface area (Å²) in [7, 11) is 1.49. The number of hydrogen-bond acceptors (Lipinski definition) is 3. The molecule has 0 spiro atoms. The molecule has 2 N–H and O–H groups in total. The zero-order chi connectivity index (χ0) is 13.8. The SMILES string of the molecule is COc1ccc(C(N)Cc2ccncc2Cl)c(F)c1. The van der Waals surface area contributed by atoms with Crippen molar-refractivity contribution in [1.29, 1.82) is 0 Å². The summed E-state index contributed by atoms with van der Waals surface area (Å²) in [5, 5.41) is 0.534. The van der Waals surface area contributed by atoms with E-state index in [1.807, 2.05) is 0 Å². The Balaban J connectivity index is 2.21. The Labute approximate surface area is 116 Å². The van der Waals surface area contributed by atoms with Crippen LogP contribution in [0.2, 0.25) is 5.02 Å². The molecule has 19 heavy (non-hydrogen) atoms. The molecule has 5 heteroatoms. The first-order valence-corrected chi connectivity index (χ1v) is 6.17. The molecular formula is C14H14ClFN2O. The number of pyridine rings is 1. The lowest BCUT2D eigenvalue weighted by atomic mass is 10.00. The second-order valence-corrected chi connectivity index (χ2v) is 4.57. The fraction of sp³-hybridized carbons (Fsp3) is 0.214. The van der Waals surface area contributed by atoms with E-state index >= 15 is 0 Å². The Morgan fingerprint density at radius 1 is 1.42 bits per heavy atom. The molecular weight excluding hydrogens is 267 g/mol. The molecule has 0 saturated heterocycles.